The van der Waals surface area contributed by atoms with Crippen LogP contribution in [0.15, 0.2) is 54.2 Å². The lowest BCUT2D eigenvalue weighted by Crippen LogP contribution is -2.36. The molecule has 4 heterocycles. The lowest BCUT2D eigenvalue weighted by atomic mass is 9.90. The molecule has 0 spiro atoms. The number of amides is 1. The van der Waals surface area contributed by atoms with Crippen molar-refractivity contribution >= 4 is 23.2 Å². The van der Waals surface area contributed by atoms with Crippen LogP contribution >= 0.6 is 11.3 Å². The Morgan fingerprint density at radius 1 is 1.24 bits per heavy atom. The first-order valence-corrected chi connectivity index (χ1v) is 11.5. The minimum absolute atomic E-state index is 0.0516. The smallest absolute Gasteiger partial charge is 0.258 e. The molecule has 0 bridgehead atoms. The lowest BCUT2D eigenvalue weighted by molar-refractivity contribution is -0.143. The van der Waals surface area contributed by atoms with Crippen molar-refractivity contribution in [1.82, 2.24) is 30.0 Å². The van der Waals surface area contributed by atoms with Gasteiger partial charge in [0.25, 0.3) is 5.91 Å². The van der Waals surface area contributed by atoms with E-state index in [0.717, 1.165) is 22.0 Å². The second kappa shape index (κ2) is 8.38. The van der Waals surface area contributed by atoms with Crippen molar-refractivity contribution in [2.75, 3.05) is 18.9 Å². The van der Waals surface area contributed by atoms with Crippen LogP contribution in [0.4, 0.5) is 5.95 Å². The van der Waals surface area contributed by atoms with Crippen molar-refractivity contribution in [3.63, 3.8) is 0 Å². The van der Waals surface area contributed by atoms with Crippen LogP contribution in [0.25, 0.3) is 22.0 Å². The second-order valence-corrected chi connectivity index (χ2v) is 8.94. The number of hydrogen-bond donors (Lipinski definition) is 3. The van der Waals surface area contributed by atoms with Gasteiger partial charge in [-0.1, -0.05) is 18.2 Å². The van der Waals surface area contributed by atoms with Gasteiger partial charge in [-0.05, 0) is 30.7 Å². The Hall–Kier alpha value is -3.63. The number of aromatic amines is 1. The fraction of sp³-hybridized carbons (Fsp3) is 0.261. The number of likely N-dealkylation sites (tertiary alicyclic amines) is 1. The molecule has 1 aliphatic heterocycles. The molecule has 1 aromatic carbocycles. The number of likely N-dealkylation sites (N-methyl/N-ethyl adjacent to an activating group) is 1. The van der Waals surface area contributed by atoms with Crippen molar-refractivity contribution in [2.45, 2.75) is 25.0 Å². The van der Waals surface area contributed by atoms with E-state index < -0.39 is 5.60 Å². The quantitative estimate of drug-likeness (QED) is 0.403. The van der Waals surface area contributed by atoms with Gasteiger partial charge in [-0.2, -0.15) is 5.10 Å². The third-order valence-electron chi connectivity index (χ3n) is 5.84. The molecule has 3 N–H and O–H groups in total. The Morgan fingerprint density at radius 2 is 2.12 bits per heavy atom. The molecule has 4 aromatic rings. The number of thiazole rings is 1. The van der Waals surface area contributed by atoms with E-state index in [9.17, 15) is 9.90 Å². The molecule has 3 aromatic heterocycles. The Kier molecular flexibility index (Phi) is 5.39. The first kappa shape index (κ1) is 21.2. The average molecular weight is 462 g/mol. The normalized spacial score (nSPS) is 19.1. The van der Waals surface area contributed by atoms with Crippen molar-refractivity contribution in [3.05, 3.63) is 65.4 Å². The highest BCUT2D eigenvalue weighted by atomic mass is 32.1. The number of nitrogens with one attached hydrogen (secondary N) is 2. The second-order valence-electron chi connectivity index (χ2n) is 8.09. The van der Waals surface area contributed by atoms with Gasteiger partial charge in [0.15, 0.2) is 5.60 Å². The number of aliphatic hydroxyl groups is 1. The van der Waals surface area contributed by atoms with Gasteiger partial charge in [0.05, 0.1) is 17.4 Å². The first-order chi connectivity index (χ1) is 15.9. The zero-order valence-corrected chi connectivity index (χ0v) is 19.0. The van der Waals surface area contributed by atoms with Crippen LogP contribution in [0.5, 0.6) is 0 Å². The van der Waals surface area contributed by atoms with Gasteiger partial charge >= 0.3 is 0 Å². The van der Waals surface area contributed by atoms with E-state index in [1.165, 1.54) is 11.3 Å². The molecule has 10 heteroatoms. The van der Waals surface area contributed by atoms with E-state index in [4.69, 9.17) is 4.98 Å². The molecule has 1 fully saturated rings. The molecule has 0 radical (unpaired) electrons. The number of nitrogens with zero attached hydrogens (tertiary/aromatic N) is 5. The van der Waals surface area contributed by atoms with Crippen LogP contribution in [-0.4, -0.2) is 54.7 Å². The molecule has 1 amide bonds. The highest BCUT2D eigenvalue weighted by molar-refractivity contribution is 7.13. The molecule has 168 valence electrons. The average Bonchev–Trinajstić information content (AvgIpc) is 3.59. The summed E-state index contributed by atoms with van der Waals surface area (Å²) in [5.74, 6) is 0.219. The van der Waals surface area contributed by atoms with Crippen LogP contribution in [0.1, 0.15) is 30.6 Å². The zero-order valence-electron chi connectivity index (χ0n) is 18.2. The van der Waals surface area contributed by atoms with E-state index in [1.54, 1.807) is 30.4 Å². The van der Waals surface area contributed by atoms with Gasteiger partial charge < -0.3 is 15.3 Å². The molecular weight excluding hydrogens is 438 g/mol. The molecule has 1 saturated heterocycles. The van der Waals surface area contributed by atoms with Crippen LogP contribution in [0.2, 0.25) is 0 Å². The van der Waals surface area contributed by atoms with Gasteiger partial charge in [0.2, 0.25) is 5.95 Å². The van der Waals surface area contributed by atoms with Crippen molar-refractivity contribution in [1.29, 1.82) is 0 Å². The summed E-state index contributed by atoms with van der Waals surface area (Å²) >= 11 is 1.48. The summed E-state index contributed by atoms with van der Waals surface area (Å²) in [6, 6.07) is 11.1. The number of H-pyrrole nitrogens is 1. The summed E-state index contributed by atoms with van der Waals surface area (Å²) < 4.78 is 0. The Balaban J connectivity index is 1.39. The molecule has 33 heavy (non-hydrogen) atoms. The van der Waals surface area contributed by atoms with Crippen LogP contribution < -0.4 is 5.32 Å². The molecule has 5 rings (SSSR count). The van der Waals surface area contributed by atoms with Gasteiger partial charge in [-0.25, -0.2) is 15.0 Å². The summed E-state index contributed by atoms with van der Waals surface area (Å²) in [5, 5.41) is 23.9. The number of anilines is 1. The number of benzene rings is 1. The van der Waals surface area contributed by atoms with Crippen molar-refractivity contribution < 1.29 is 9.90 Å². The summed E-state index contributed by atoms with van der Waals surface area (Å²) in [5.41, 5.74) is 2.28. The fourth-order valence-electron chi connectivity index (χ4n) is 3.91. The van der Waals surface area contributed by atoms with E-state index in [-0.39, 0.29) is 11.9 Å². The van der Waals surface area contributed by atoms with Crippen molar-refractivity contribution in [2.24, 2.45) is 0 Å². The third kappa shape index (κ3) is 3.98. The van der Waals surface area contributed by atoms with E-state index in [0.29, 0.717) is 30.2 Å². The standard InChI is InChI=1S/C23H23N7O2S/c1-14(17-7-10-25-29-17)26-22-24-9-6-18(28-22)20-27-19(13-33-20)15-4-3-5-16(12-15)23(32)8-11-30(2)21(23)31/h3-7,9-10,12-14,32H,8,11H2,1-2H3,(H,25,29)(H,24,26,28)/t14-,23+/m0/s1. The number of rotatable bonds is 6. The Morgan fingerprint density at radius 3 is 2.88 bits per heavy atom. The predicted octanol–water partition coefficient (Wildman–Crippen LogP) is 3.21. The van der Waals surface area contributed by atoms with Gasteiger partial charge in [-0.3, -0.25) is 9.89 Å². The Labute approximate surface area is 194 Å². The fourth-order valence-corrected chi connectivity index (χ4v) is 4.71. The van der Waals surface area contributed by atoms with E-state index in [2.05, 4.69) is 25.5 Å². The molecule has 0 saturated carbocycles. The lowest BCUT2D eigenvalue weighted by Gasteiger charge is -2.21. The maximum absolute atomic E-state index is 12.5. The number of aromatic nitrogens is 5. The summed E-state index contributed by atoms with van der Waals surface area (Å²) in [6.07, 6.45) is 3.85. The minimum atomic E-state index is -1.48. The van der Waals surface area contributed by atoms with Gasteiger partial charge in [-0.15, -0.1) is 11.3 Å². The number of carbonyl (C=O) groups excluding carboxylic acids is 1. The minimum Gasteiger partial charge on any atom is -0.375 e. The van der Waals surface area contributed by atoms with Crippen LogP contribution in [0, 0.1) is 0 Å². The van der Waals surface area contributed by atoms with Gasteiger partial charge in [0.1, 0.15) is 10.7 Å². The first-order valence-electron chi connectivity index (χ1n) is 10.6. The topological polar surface area (TPSA) is 120 Å². The zero-order chi connectivity index (χ0) is 23.0. The third-order valence-corrected chi connectivity index (χ3v) is 6.70. The molecule has 1 aliphatic rings. The monoisotopic (exact) mass is 461 g/mol. The molecule has 2 atom stereocenters. The highest BCUT2D eigenvalue weighted by Crippen LogP contribution is 2.35. The van der Waals surface area contributed by atoms with E-state index in [1.807, 2.05) is 42.6 Å². The van der Waals surface area contributed by atoms with Crippen LogP contribution in [-0.2, 0) is 10.4 Å². The highest BCUT2D eigenvalue weighted by Gasteiger charge is 2.45. The largest absolute Gasteiger partial charge is 0.375 e. The maximum atomic E-state index is 12.5. The maximum Gasteiger partial charge on any atom is 0.258 e. The number of hydrogen-bond acceptors (Lipinski definition) is 8. The van der Waals surface area contributed by atoms with Crippen LogP contribution in [0.3, 0.4) is 0 Å². The molecule has 0 unspecified atom stereocenters. The summed E-state index contributed by atoms with van der Waals surface area (Å²) in [7, 11) is 1.71. The van der Waals surface area contributed by atoms with Crippen molar-refractivity contribution in [3.8, 4) is 22.0 Å². The molecule has 0 aliphatic carbocycles. The summed E-state index contributed by atoms with van der Waals surface area (Å²) in [4.78, 5) is 27.7. The van der Waals surface area contributed by atoms with Gasteiger partial charge in [0, 0.05) is 43.4 Å². The molecule has 9 nitrogen and oxygen atoms in total. The SMILES string of the molecule is C[C@H](Nc1nccc(-c2nc(-c3cccc([C@]4(O)CCN(C)C4=O)c3)cs2)n1)c1cc[nH]n1. The van der Waals surface area contributed by atoms with E-state index >= 15 is 0 Å². The predicted molar refractivity (Wildman–Crippen MR) is 125 cm³/mol. The summed E-state index contributed by atoms with van der Waals surface area (Å²) in [6.45, 7) is 2.52. The Bertz CT molecular complexity index is 1290. The molecular formula is C23H23N7O2S. The number of carbonyl (C=O) groups is 1.